The zero-order chi connectivity index (χ0) is 19.5. The average molecular weight is 383 g/mol. The Bertz CT molecular complexity index is 919. The molecule has 1 N–H and O–H groups in total. The first-order valence-electron chi connectivity index (χ1n) is 9.48. The van der Waals surface area contributed by atoms with Crippen LogP contribution >= 0.6 is 0 Å². The summed E-state index contributed by atoms with van der Waals surface area (Å²) in [6, 6.07) is 12.0. The van der Waals surface area contributed by atoms with E-state index in [0.29, 0.717) is 5.56 Å². The molecule has 3 aromatic rings. The third-order valence-corrected chi connectivity index (χ3v) is 5.38. The van der Waals surface area contributed by atoms with E-state index >= 15 is 0 Å². The first-order chi connectivity index (χ1) is 13.7. The number of piperidine rings is 1. The summed E-state index contributed by atoms with van der Waals surface area (Å²) in [6.45, 7) is 2.65. The van der Waals surface area contributed by atoms with E-state index in [4.69, 9.17) is 4.74 Å². The number of hydrogen-bond acceptors (Lipinski definition) is 3. The van der Waals surface area contributed by atoms with Crippen molar-refractivity contribution < 1.29 is 13.5 Å². The van der Waals surface area contributed by atoms with Gasteiger partial charge in [-0.05, 0) is 49.2 Å². The monoisotopic (exact) mass is 383 g/mol. The summed E-state index contributed by atoms with van der Waals surface area (Å²) in [5.41, 5.74) is 2.54. The topological polar surface area (TPSA) is 41.1 Å². The highest BCUT2D eigenvalue weighted by molar-refractivity contribution is 5.67. The molecular formula is C22H23F2N3O. The zero-order valence-corrected chi connectivity index (χ0v) is 15.8. The average Bonchev–Trinajstić information content (AvgIpc) is 3.18. The van der Waals surface area contributed by atoms with Crippen molar-refractivity contribution in [1.29, 1.82) is 0 Å². The van der Waals surface area contributed by atoms with Gasteiger partial charge in [-0.25, -0.2) is 8.78 Å². The van der Waals surface area contributed by atoms with Gasteiger partial charge in [-0.2, -0.15) is 5.10 Å². The van der Waals surface area contributed by atoms with Crippen LogP contribution in [0.3, 0.4) is 0 Å². The molecular weight excluding hydrogens is 360 g/mol. The normalized spacial score (nSPS) is 17.6. The van der Waals surface area contributed by atoms with Crippen molar-refractivity contribution in [2.24, 2.45) is 0 Å². The quantitative estimate of drug-likeness (QED) is 0.692. The highest BCUT2D eigenvalue weighted by atomic mass is 19.1. The predicted molar refractivity (Wildman–Crippen MR) is 104 cm³/mol. The molecule has 0 saturated carbocycles. The number of hydrogen-bond donors (Lipinski definition) is 1. The Balaban J connectivity index is 1.53. The minimum absolute atomic E-state index is 0.00136. The second-order valence-corrected chi connectivity index (χ2v) is 7.22. The Morgan fingerprint density at radius 3 is 2.61 bits per heavy atom. The molecule has 0 unspecified atom stereocenters. The molecule has 2 heterocycles. The van der Waals surface area contributed by atoms with Gasteiger partial charge in [-0.1, -0.05) is 18.2 Å². The number of aromatic amines is 1. The first kappa shape index (κ1) is 18.6. The van der Waals surface area contributed by atoms with Crippen LogP contribution < -0.4 is 4.74 Å². The van der Waals surface area contributed by atoms with Crippen LogP contribution in [-0.4, -0.2) is 35.3 Å². The standard InChI is InChI=1S/C22H23F2N3O/c1-28-17-9-7-15(8-10-17)13-27-11-3-4-16(14-27)22-18(12-25-26-22)21-19(23)5-2-6-20(21)24/h2,5-10,12,16H,3-4,11,13-14H2,1H3,(H,25,26)/t16-/m0/s1. The summed E-state index contributed by atoms with van der Waals surface area (Å²) in [5, 5.41) is 7.09. The fraction of sp³-hybridized carbons (Fsp3) is 0.318. The number of halogens is 2. The Morgan fingerprint density at radius 1 is 1.14 bits per heavy atom. The number of H-pyrrole nitrogens is 1. The van der Waals surface area contributed by atoms with Crippen molar-refractivity contribution in [3.05, 3.63) is 71.6 Å². The largest absolute Gasteiger partial charge is 0.497 e. The fourth-order valence-electron chi connectivity index (χ4n) is 3.99. The fourth-order valence-corrected chi connectivity index (χ4v) is 3.99. The lowest BCUT2D eigenvalue weighted by Gasteiger charge is -2.32. The summed E-state index contributed by atoms with van der Waals surface area (Å²) < 4.78 is 33.8. The van der Waals surface area contributed by atoms with Gasteiger partial charge < -0.3 is 4.74 Å². The van der Waals surface area contributed by atoms with E-state index in [9.17, 15) is 8.78 Å². The lowest BCUT2D eigenvalue weighted by molar-refractivity contribution is 0.198. The van der Waals surface area contributed by atoms with Crippen molar-refractivity contribution in [1.82, 2.24) is 15.1 Å². The minimum Gasteiger partial charge on any atom is -0.497 e. The van der Waals surface area contributed by atoms with Gasteiger partial charge in [0.15, 0.2) is 0 Å². The van der Waals surface area contributed by atoms with Crippen molar-refractivity contribution in [2.45, 2.75) is 25.3 Å². The molecule has 0 spiro atoms. The van der Waals surface area contributed by atoms with Crippen LogP contribution in [0.25, 0.3) is 11.1 Å². The van der Waals surface area contributed by atoms with Gasteiger partial charge in [0.25, 0.3) is 0 Å². The number of likely N-dealkylation sites (tertiary alicyclic amines) is 1. The molecule has 1 aliphatic heterocycles. The number of rotatable bonds is 5. The molecule has 4 rings (SSSR count). The number of benzene rings is 2. The van der Waals surface area contributed by atoms with Gasteiger partial charge in [0.05, 0.1) is 18.9 Å². The highest BCUT2D eigenvalue weighted by Gasteiger charge is 2.27. The van der Waals surface area contributed by atoms with Crippen LogP contribution in [0.4, 0.5) is 8.78 Å². The maximum atomic E-state index is 14.3. The van der Waals surface area contributed by atoms with Gasteiger partial charge >= 0.3 is 0 Å². The lowest BCUT2D eigenvalue weighted by atomic mass is 9.90. The van der Waals surface area contributed by atoms with Crippen molar-refractivity contribution in [3.63, 3.8) is 0 Å². The van der Waals surface area contributed by atoms with Crippen molar-refractivity contribution in [3.8, 4) is 16.9 Å². The van der Waals surface area contributed by atoms with Gasteiger partial charge in [-0.15, -0.1) is 0 Å². The van der Waals surface area contributed by atoms with E-state index in [1.165, 1.54) is 30.0 Å². The van der Waals surface area contributed by atoms with Crippen LogP contribution in [0.1, 0.15) is 30.0 Å². The number of ether oxygens (including phenoxy) is 1. The summed E-state index contributed by atoms with van der Waals surface area (Å²) in [4.78, 5) is 2.37. The summed E-state index contributed by atoms with van der Waals surface area (Å²) in [5.74, 6) is -0.125. The minimum atomic E-state index is -0.562. The number of methoxy groups -OCH3 is 1. The smallest absolute Gasteiger partial charge is 0.134 e. The van der Waals surface area contributed by atoms with Crippen LogP contribution in [0.5, 0.6) is 5.75 Å². The van der Waals surface area contributed by atoms with Crippen LogP contribution in [0.15, 0.2) is 48.7 Å². The first-order valence-corrected chi connectivity index (χ1v) is 9.48. The molecule has 0 aliphatic carbocycles. The molecule has 1 saturated heterocycles. The molecule has 1 aromatic heterocycles. The second-order valence-electron chi connectivity index (χ2n) is 7.22. The third kappa shape index (κ3) is 3.78. The number of nitrogens with zero attached hydrogens (tertiary/aromatic N) is 2. The molecule has 0 radical (unpaired) electrons. The summed E-state index contributed by atoms with van der Waals surface area (Å²) >= 11 is 0. The van der Waals surface area contributed by atoms with Gasteiger partial charge in [0.1, 0.15) is 17.4 Å². The van der Waals surface area contributed by atoms with Gasteiger partial charge in [-0.3, -0.25) is 10.00 Å². The van der Waals surface area contributed by atoms with E-state index in [2.05, 4.69) is 27.2 Å². The molecule has 0 amide bonds. The Hall–Kier alpha value is -2.73. The van der Waals surface area contributed by atoms with Crippen molar-refractivity contribution in [2.75, 3.05) is 20.2 Å². The van der Waals surface area contributed by atoms with E-state index in [1.54, 1.807) is 7.11 Å². The SMILES string of the molecule is COc1ccc(CN2CCC[C@H](c3[nH]ncc3-c3c(F)cccc3F)C2)cc1. The Labute approximate surface area is 163 Å². The Morgan fingerprint density at radius 2 is 1.89 bits per heavy atom. The van der Waals surface area contributed by atoms with Crippen LogP contribution in [-0.2, 0) is 6.54 Å². The molecule has 1 fully saturated rings. The van der Waals surface area contributed by atoms with E-state index < -0.39 is 11.6 Å². The predicted octanol–water partition coefficient (Wildman–Crippen LogP) is 4.74. The molecule has 146 valence electrons. The molecule has 6 heteroatoms. The number of aromatic nitrogens is 2. The molecule has 28 heavy (non-hydrogen) atoms. The van der Waals surface area contributed by atoms with E-state index in [1.807, 2.05) is 12.1 Å². The van der Waals surface area contributed by atoms with Gasteiger partial charge in [0.2, 0.25) is 0 Å². The molecule has 2 aromatic carbocycles. The van der Waals surface area contributed by atoms with Crippen molar-refractivity contribution >= 4 is 0 Å². The van der Waals surface area contributed by atoms with E-state index in [-0.39, 0.29) is 11.5 Å². The lowest BCUT2D eigenvalue weighted by Crippen LogP contribution is -2.34. The zero-order valence-electron chi connectivity index (χ0n) is 15.8. The Kier molecular flexibility index (Phi) is 5.39. The van der Waals surface area contributed by atoms with Gasteiger partial charge in [0, 0.05) is 30.3 Å². The van der Waals surface area contributed by atoms with Crippen LogP contribution in [0.2, 0.25) is 0 Å². The third-order valence-electron chi connectivity index (χ3n) is 5.38. The number of nitrogens with one attached hydrogen (secondary N) is 1. The molecule has 1 aliphatic rings. The molecule has 4 nitrogen and oxygen atoms in total. The second kappa shape index (κ2) is 8.10. The molecule has 0 bridgehead atoms. The summed E-state index contributed by atoms with van der Waals surface area (Å²) in [6.07, 6.45) is 3.52. The molecule has 1 atom stereocenters. The van der Waals surface area contributed by atoms with E-state index in [0.717, 1.165) is 43.9 Å². The van der Waals surface area contributed by atoms with Crippen LogP contribution in [0, 0.1) is 11.6 Å². The summed E-state index contributed by atoms with van der Waals surface area (Å²) in [7, 11) is 1.66. The maximum absolute atomic E-state index is 14.3. The maximum Gasteiger partial charge on any atom is 0.134 e. The highest BCUT2D eigenvalue weighted by Crippen LogP contribution is 2.35.